The number of hydrogen-bond acceptors (Lipinski definition) is 5. The Morgan fingerprint density at radius 1 is 1.15 bits per heavy atom. The van der Waals surface area contributed by atoms with Crippen LogP contribution in [0.1, 0.15) is 33.5 Å². The Balaban J connectivity index is 2.00. The number of aliphatic carboxylic acids is 1. The van der Waals surface area contributed by atoms with E-state index in [2.05, 4.69) is 10.3 Å². The van der Waals surface area contributed by atoms with Gasteiger partial charge in [-0.25, -0.2) is 4.79 Å². The highest BCUT2D eigenvalue weighted by Crippen LogP contribution is 2.29. The summed E-state index contributed by atoms with van der Waals surface area (Å²) in [5.74, 6) is -0.0870. The molecule has 3 aromatic rings. The zero-order chi connectivity index (χ0) is 24.5. The van der Waals surface area contributed by atoms with Gasteiger partial charge >= 0.3 is 5.97 Å². The molecule has 0 radical (unpaired) electrons. The molecule has 1 atom stereocenters. The zero-order valence-corrected chi connectivity index (χ0v) is 20.3. The number of rotatable bonds is 10. The number of methoxy groups -OCH3 is 1. The Morgan fingerprint density at radius 2 is 1.94 bits per heavy atom. The van der Waals surface area contributed by atoms with E-state index in [0.717, 1.165) is 27.8 Å². The van der Waals surface area contributed by atoms with Gasteiger partial charge in [-0.1, -0.05) is 36.4 Å². The molecule has 0 spiro atoms. The molecule has 34 heavy (non-hydrogen) atoms. The summed E-state index contributed by atoms with van der Waals surface area (Å²) in [6, 6.07) is 14.2. The molecule has 2 N–H and O–H groups in total. The summed E-state index contributed by atoms with van der Waals surface area (Å²) < 4.78 is 5.38. The minimum atomic E-state index is -1.04. The van der Waals surface area contributed by atoms with Crippen LogP contribution in [0.15, 0.2) is 60.9 Å². The van der Waals surface area contributed by atoms with Crippen LogP contribution in [-0.2, 0) is 4.79 Å². The first-order valence-corrected chi connectivity index (χ1v) is 12.2. The van der Waals surface area contributed by atoms with Crippen molar-refractivity contribution in [3.63, 3.8) is 0 Å². The number of thioether (sulfide) groups is 1. The van der Waals surface area contributed by atoms with Gasteiger partial charge in [0.25, 0.3) is 5.91 Å². The SMILES string of the molecule is COc1ccncc1C=Cc1ccc(C(=O)N[C@@H](CCSC)C(=O)O)c(-c2ccccc2C)c1. The van der Waals surface area contributed by atoms with Gasteiger partial charge in [0.05, 0.1) is 7.11 Å². The molecule has 1 aromatic heterocycles. The summed E-state index contributed by atoms with van der Waals surface area (Å²) in [6.45, 7) is 1.98. The highest BCUT2D eigenvalue weighted by Gasteiger charge is 2.22. The van der Waals surface area contributed by atoms with Crippen molar-refractivity contribution in [3.8, 4) is 16.9 Å². The van der Waals surface area contributed by atoms with Gasteiger partial charge < -0.3 is 15.2 Å². The van der Waals surface area contributed by atoms with Crippen LogP contribution in [0.4, 0.5) is 0 Å². The fourth-order valence-electron chi connectivity index (χ4n) is 3.58. The van der Waals surface area contributed by atoms with Gasteiger partial charge in [0.2, 0.25) is 0 Å². The highest BCUT2D eigenvalue weighted by molar-refractivity contribution is 7.98. The number of nitrogens with zero attached hydrogens (tertiary/aromatic N) is 1. The number of benzene rings is 2. The molecule has 2 aromatic carbocycles. The third kappa shape index (κ3) is 6.26. The number of carboxylic acid groups (broad SMARTS) is 1. The number of carboxylic acids is 1. The van der Waals surface area contributed by atoms with E-state index in [0.29, 0.717) is 23.5 Å². The normalized spacial score (nSPS) is 11.9. The van der Waals surface area contributed by atoms with E-state index in [1.807, 2.05) is 61.7 Å². The molecule has 6 nitrogen and oxygen atoms in total. The summed E-state index contributed by atoms with van der Waals surface area (Å²) in [4.78, 5) is 29.0. The number of carbonyl (C=O) groups excluding carboxylic acids is 1. The van der Waals surface area contributed by atoms with E-state index >= 15 is 0 Å². The molecule has 1 amide bonds. The van der Waals surface area contributed by atoms with Crippen LogP contribution >= 0.6 is 11.8 Å². The van der Waals surface area contributed by atoms with Crippen molar-refractivity contribution < 1.29 is 19.4 Å². The van der Waals surface area contributed by atoms with E-state index in [4.69, 9.17) is 4.74 Å². The van der Waals surface area contributed by atoms with Gasteiger partial charge in [-0.05, 0) is 71.9 Å². The third-order valence-electron chi connectivity index (χ3n) is 5.42. The van der Waals surface area contributed by atoms with Crippen LogP contribution in [0, 0.1) is 6.92 Å². The average molecular weight is 477 g/mol. The van der Waals surface area contributed by atoms with Crippen LogP contribution in [0.3, 0.4) is 0 Å². The Bertz CT molecular complexity index is 1190. The highest BCUT2D eigenvalue weighted by atomic mass is 32.2. The van der Waals surface area contributed by atoms with Gasteiger partial charge in [-0.15, -0.1) is 0 Å². The fraction of sp³-hybridized carbons (Fsp3) is 0.222. The Morgan fingerprint density at radius 3 is 2.65 bits per heavy atom. The molecule has 7 heteroatoms. The number of nitrogens with one attached hydrogen (secondary N) is 1. The maximum Gasteiger partial charge on any atom is 0.326 e. The molecular formula is C27H28N2O4S. The van der Waals surface area contributed by atoms with Crippen molar-refractivity contribution in [1.29, 1.82) is 0 Å². The number of amides is 1. The molecule has 0 saturated carbocycles. The Kier molecular flexibility index (Phi) is 8.87. The van der Waals surface area contributed by atoms with Gasteiger partial charge in [0.15, 0.2) is 0 Å². The second-order valence-electron chi connectivity index (χ2n) is 7.72. The summed E-state index contributed by atoms with van der Waals surface area (Å²) in [5, 5.41) is 12.2. The van der Waals surface area contributed by atoms with Crippen molar-refractivity contribution in [2.24, 2.45) is 0 Å². The average Bonchev–Trinajstić information content (AvgIpc) is 2.85. The van der Waals surface area contributed by atoms with Gasteiger partial charge in [0, 0.05) is 23.5 Å². The molecule has 1 heterocycles. The molecule has 0 aliphatic carbocycles. The quantitative estimate of drug-likeness (QED) is 0.420. The summed E-state index contributed by atoms with van der Waals surface area (Å²) in [5.41, 5.74) is 4.83. The summed E-state index contributed by atoms with van der Waals surface area (Å²) in [7, 11) is 1.61. The Labute approximate surface area is 204 Å². The second kappa shape index (κ2) is 12.0. The van der Waals surface area contributed by atoms with Crippen LogP contribution in [-0.4, -0.2) is 47.1 Å². The number of aromatic nitrogens is 1. The first-order valence-electron chi connectivity index (χ1n) is 10.8. The molecular weight excluding hydrogens is 448 g/mol. The Hall–Kier alpha value is -3.58. The van der Waals surface area contributed by atoms with Gasteiger partial charge in [0.1, 0.15) is 11.8 Å². The molecule has 176 valence electrons. The number of aryl methyl sites for hydroxylation is 1. The lowest BCUT2D eigenvalue weighted by Crippen LogP contribution is -2.41. The monoisotopic (exact) mass is 476 g/mol. The van der Waals surface area contributed by atoms with Crippen LogP contribution < -0.4 is 10.1 Å². The predicted molar refractivity (Wildman–Crippen MR) is 138 cm³/mol. The van der Waals surface area contributed by atoms with Crippen LogP contribution in [0.5, 0.6) is 5.75 Å². The van der Waals surface area contributed by atoms with E-state index in [9.17, 15) is 14.7 Å². The van der Waals surface area contributed by atoms with E-state index in [-0.39, 0.29) is 0 Å². The zero-order valence-electron chi connectivity index (χ0n) is 19.4. The largest absolute Gasteiger partial charge is 0.496 e. The lowest BCUT2D eigenvalue weighted by atomic mass is 9.93. The third-order valence-corrected chi connectivity index (χ3v) is 6.07. The number of pyridine rings is 1. The van der Waals surface area contributed by atoms with Crippen molar-refractivity contribution in [1.82, 2.24) is 10.3 Å². The maximum absolute atomic E-state index is 13.2. The molecule has 0 bridgehead atoms. The van der Waals surface area contributed by atoms with E-state index in [1.165, 1.54) is 0 Å². The van der Waals surface area contributed by atoms with Crippen molar-refractivity contribution >= 4 is 35.8 Å². The van der Waals surface area contributed by atoms with Gasteiger partial charge in [-0.3, -0.25) is 9.78 Å². The van der Waals surface area contributed by atoms with Crippen molar-refractivity contribution in [3.05, 3.63) is 83.2 Å². The smallest absolute Gasteiger partial charge is 0.326 e. The molecule has 0 unspecified atom stereocenters. The topological polar surface area (TPSA) is 88.5 Å². The molecule has 0 aliphatic rings. The summed E-state index contributed by atoms with van der Waals surface area (Å²) >= 11 is 1.54. The van der Waals surface area contributed by atoms with E-state index in [1.54, 1.807) is 43.4 Å². The molecule has 0 saturated heterocycles. The van der Waals surface area contributed by atoms with E-state index < -0.39 is 17.9 Å². The molecule has 0 fully saturated rings. The summed E-state index contributed by atoms with van der Waals surface area (Å²) in [6.07, 6.45) is 9.50. The second-order valence-corrected chi connectivity index (χ2v) is 8.70. The lowest BCUT2D eigenvalue weighted by molar-refractivity contribution is -0.139. The van der Waals surface area contributed by atoms with Gasteiger partial charge in [-0.2, -0.15) is 11.8 Å². The predicted octanol–water partition coefficient (Wildman–Crippen LogP) is 5.17. The van der Waals surface area contributed by atoms with Crippen molar-refractivity contribution in [2.75, 3.05) is 19.1 Å². The number of hydrogen-bond donors (Lipinski definition) is 2. The molecule has 0 aliphatic heterocycles. The number of carbonyl (C=O) groups is 2. The first-order chi connectivity index (χ1) is 16.4. The fourth-order valence-corrected chi connectivity index (χ4v) is 4.05. The molecule has 3 rings (SSSR count). The standard InChI is InChI=1S/C27H28N2O4S/c1-18-6-4-5-7-21(18)23-16-19(8-10-20-17-28-14-12-25(20)33-2)9-11-22(23)26(30)29-24(27(31)32)13-15-34-3/h4-12,14,16-17,24H,13,15H2,1-3H3,(H,29,30)(H,31,32)/t24-/m0/s1. The first kappa shape index (κ1) is 25.1. The van der Waals surface area contributed by atoms with Crippen molar-refractivity contribution in [2.45, 2.75) is 19.4 Å². The lowest BCUT2D eigenvalue weighted by Gasteiger charge is -2.17. The van der Waals surface area contributed by atoms with Crippen LogP contribution in [0.25, 0.3) is 23.3 Å². The number of ether oxygens (including phenoxy) is 1. The minimum absolute atomic E-state index is 0.357. The van der Waals surface area contributed by atoms with Crippen LogP contribution in [0.2, 0.25) is 0 Å². The minimum Gasteiger partial charge on any atom is -0.496 e. The maximum atomic E-state index is 13.2.